The number of aromatic nitrogens is 2. The molecule has 0 saturated carbocycles. The van der Waals surface area contributed by atoms with Crippen LogP contribution in [0.15, 0.2) is 42.6 Å². The molecule has 2 aromatic rings. The first kappa shape index (κ1) is 12.8. The molecule has 1 heterocycles. The number of hydrogen-bond donors (Lipinski definition) is 1. The van der Waals surface area contributed by atoms with Gasteiger partial charge in [-0.15, -0.1) is 0 Å². The summed E-state index contributed by atoms with van der Waals surface area (Å²) < 4.78 is 2.08. The van der Waals surface area contributed by atoms with Gasteiger partial charge in [0.2, 0.25) is 0 Å². The van der Waals surface area contributed by atoms with Gasteiger partial charge in [-0.1, -0.05) is 30.3 Å². The second-order valence-electron chi connectivity index (χ2n) is 4.91. The molecule has 1 aromatic heterocycles. The van der Waals surface area contributed by atoms with Crippen molar-refractivity contribution in [3.63, 3.8) is 0 Å². The molecule has 0 radical (unpaired) electrons. The van der Waals surface area contributed by atoms with Crippen molar-refractivity contribution in [2.75, 3.05) is 6.54 Å². The highest BCUT2D eigenvalue weighted by Gasteiger charge is 2.14. The van der Waals surface area contributed by atoms with Crippen LogP contribution in [0.4, 0.5) is 0 Å². The fourth-order valence-electron chi connectivity index (χ4n) is 2.28. The number of rotatable bonds is 5. The molecule has 0 aliphatic carbocycles. The van der Waals surface area contributed by atoms with E-state index in [1.807, 2.05) is 12.3 Å². The van der Waals surface area contributed by atoms with Gasteiger partial charge in [0, 0.05) is 23.9 Å². The van der Waals surface area contributed by atoms with Gasteiger partial charge >= 0.3 is 0 Å². The predicted molar refractivity (Wildman–Crippen MR) is 74.6 cm³/mol. The van der Waals surface area contributed by atoms with Gasteiger partial charge in [-0.2, -0.15) is 5.10 Å². The molecule has 0 bridgehead atoms. The minimum atomic E-state index is 0.361. The highest BCUT2D eigenvalue weighted by molar-refractivity contribution is 5.22. The molecule has 3 nitrogen and oxygen atoms in total. The Hall–Kier alpha value is -1.61. The zero-order valence-corrected chi connectivity index (χ0v) is 11.1. The molecular weight excluding hydrogens is 222 g/mol. The van der Waals surface area contributed by atoms with Crippen molar-refractivity contribution in [2.45, 2.75) is 32.2 Å². The molecule has 1 aromatic carbocycles. The minimum Gasteiger partial charge on any atom is -0.330 e. The second-order valence-corrected chi connectivity index (χ2v) is 4.91. The summed E-state index contributed by atoms with van der Waals surface area (Å²) in [6.07, 6.45) is 2.81. The molecular formula is C15H21N3. The van der Waals surface area contributed by atoms with Crippen LogP contribution in [-0.2, 0) is 6.42 Å². The van der Waals surface area contributed by atoms with Crippen LogP contribution in [-0.4, -0.2) is 16.3 Å². The Morgan fingerprint density at radius 2 is 1.89 bits per heavy atom. The maximum Gasteiger partial charge on any atom is 0.0492 e. The summed E-state index contributed by atoms with van der Waals surface area (Å²) in [6.45, 7) is 4.96. The standard InChI is InChI=1S/C15H21N3/c1-12(2)18-15(8-9-17-18)10-14(11-16)13-6-4-3-5-7-13/h3-9,12,14H,10-11,16H2,1-2H3. The Morgan fingerprint density at radius 1 is 1.17 bits per heavy atom. The molecule has 0 aliphatic heterocycles. The number of hydrogen-bond acceptors (Lipinski definition) is 2. The summed E-state index contributed by atoms with van der Waals surface area (Å²) in [5.74, 6) is 0.361. The Balaban J connectivity index is 2.18. The third kappa shape index (κ3) is 2.79. The van der Waals surface area contributed by atoms with Crippen molar-refractivity contribution in [1.29, 1.82) is 0 Å². The zero-order chi connectivity index (χ0) is 13.0. The first-order valence-corrected chi connectivity index (χ1v) is 6.49. The molecule has 2 N–H and O–H groups in total. The number of nitrogens with two attached hydrogens (primary N) is 1. The van der Waals surface area contributed by atoms with Crippen LogP contribution in [0.25, 0.3) is 0 Å². The summed E-state index contributed by atoms with van der Waals surface area (Å²) in [4.78, 5) is 0. The summed E-state index contributed by atoms with van der Waals surface area (Å²) in [6, 6.07) is 12.9. The molecule has 18 heavy (non-hydrogen) atoms. The van der Waals surface area contributed by atoms with Gasteiger partial charge in [-0.3, -0.25) is 4.68 Å². The lowest BCUT2D eigenvalue weighted by Gasteiger charge is -2.17. The van der Waals surface area contributed by atoms with E-state index in [2.05, 4.69) is 54.0 Å². The van der Waals surface area contributed by atoms with E-state index >= 15 is 0 Å². The molecule has 1 atom stereocenters. The second kappa shape index (κ2) is 5.83. The van der Waals surface area contributed by atoms with E-state index in [0.29, 0.717) is 18.5 Å². The zero-order valence-electron chi connectivity index (χ0n) is 11.1. The van der Waals surface area contributed by atoms with Gasteiger partial charge in [0.05, 0.1) is 0 Å². The van der Waals surface area contributed by atoms with Crippen molar-refractivity contribution >= 4 is 0 Å². The Labute approximate surface area is 109 Å². The number of benzene rings is 1. The lowest BCUT2D eigenvalue weighted by molar-refractivity contribution is 0.497. The molecule has 1 unspecified atom stereocenters. The van der Waals surface area contributed by atoms with Crippen LogP contribution in [0.1, 0.15) is 37.1 Å². The van der Waals surface area contributed by atoms with Crippen molar-refractivity contribution < 1.29 is 0 Å². The fraction of sp³-hybridized carbons (Fsp3) is 0.400. The third-order valence-corrected chi connectivity index (χ3v) is 3.25. The van der Waals surface area contributed by atoms with E-state index in [4.69, 9.17) is 5.73 Å². The van der Waals surface area contributed by atoms with Gasteiger partial charge in [0.25, 0.3) is 0 Å². The molecule has 0 fully saturated rings. The average molecular weight is 243 g/mol. The van der Waals surface area contributed by atoms with Crippen LogP contribution < -0.4 is 5.73 Å². The molecule has 0 spiro atoms. The average Bonchev–Trinajstić information content (AvgIpc) is 2.85. The van der Waals surface area contributed by atoms with E-state index in [0.717, 1.165) is 6.42 Å². The molecule has 3 heteroatoms. The minimum absolute atomic E-state index is 0.361. The largest absolute Gasteiger partial charge is 0.330 e. The van der Waals surface area contributed by atoms with Crippen LogP contribution in [0.3, 0.4) is 0 Å². The first-order chi connectivity index (χ1) is 8.72. The molecule has 2 rings (SSSR count). The Kier molecular flexibility index (Phi) is 4.15. The van der Waals surface area contributed by atoms with Crippen molar-refractivity contribution in [3.8, 4) is 0 Å². The van der Waals surface area contributed by atoms with Crippen molar-refractivity contribution in [2.24, 2.45) is 5.73 Å². The molecule has 0 saturated heterocycles. The van der Waals surface area contributed by atoms with E-state index in [9.17, 15) is 0 Å². The van der Waals surface area contributed by atoms with Crippen LogP contribution in [0.5, 0.6) is 0 Å². The summed E-state index contributed by atoms with van der Waals surface area (Å²) in [7, 11) is 0. The quantitative estimate of drug-likeness (QED) is 0.877. The van der Waals surface area contributed by atoms with Crippen LogP contribution in [0.2, 0.25) is 0 Å². The maximum absolute atomic E-state index is 5.92. The SMILES string of the molecule is CC(C)n1nccc1CC(CN)c1ccccc1. The third-order valence-electron chi connectivity index (χ3n) is 3.25. The van der Waals surface area contributed by atoms with E-state index in [-0.39, 0.29) is 0 Å². The van der Waals surface area contributed by atoms with Crippen molar-refractivity contribution in [1.82, 2.24) is 9.78 Å². The van der Waals surface area contributed by atoms with E-state index in [1.54, 1.807) is 0 Å². The Bertz CT molecular complexity index is 473. The van der Waals surface area contributed by atoms with Gasteiger partial charge in [-0.25, -0.2) is 0 Å². The van der Waals surface area contributed by atoms with Gasteiger partial charge < -0.3 is 5.73 Å². The van der Waals surface area contributed by atoms with Crippen molar-refractivity contribution in [3.05, 3.63) is 53.9 Å². The Morgan fingerprint density at radius 3 is 2.50 bits per heavy atom. The highest BCUT2D eigenvalue weighted by Crippen LogP contribution is 2.21. The first-order valence-electron chi connectivity index (χ1n) is 6.49. The summed E-state index contributed by atoms with van der Waals surface area (Å²) >= 11 is 0. The van der Waals surface area contributed by atoms with E-state index < -0.39 is 0 Å². The van der Waals surface area contributed by atoms with Gasteiger partial charge in [-0.05, 0) is 38.4 Å². The highest BCUT2D eigenvalue weighted by atomic mass is 15.3. The lowest BCUT2D eigenvalue weighted by Crippen LogP contribution is -2.18. The van der Waals surface area contributed by atoms with Gasteiger partial charge in [0.1, 0.15) is 0 Å². The molecule has 0 amide bonds. The molecule has 96 valence electrons. The van der Waals surface area contributed by atoms with Crippen LogP contribution in [0, 0.1) is 0 Å². The summed E-state index contributed by atoms with van der Waals surface area (Å²) in [5, 5.41) is 4.37. The smallest absolute Gasteiger partial charge is 0.0492 e. The number of nitrogens with zero attached hydrogens (tertiary/aromatic N) is 2. The monoisotopic (exact) mass is 243 g/mol. The van der Waals surface area contributed by atoms with Gasteiger partial charge in [0.15, 0.2) is 0 Å². The molecule has 0 aliphatic rings. The van der Waals surface area contributed by atoms with E-state index in [1.165, 1.54) is 11.3 Å². The fourth-order valence-corrected chi connectivity index (χ4v) is 2.28. The lowest BCUT2D eigenvalue weighted by atomic mass is 9.94. The normalized spacial score (nSPS) is 12.9. The topological polar surface area (TPSA) is 43.8 Å². The predicted octanol–water partition coefficient (Wildman–Crippen LogP) is 2.75. The maximum atomic E-state index is 5.92. The summed E-state index contributed by atoms with van der Waals surface area (Å²) in [5.41, 5.74) is 8.47. The van der Waals surface area contributed by atoms with Crippen LogP contribution >= 0.6 is 0 Å².